The molecule has 0 aliphatic carbocycles. The van der Waals surface area contributed by atoms with Crippen LogP contribution in [0.25, 0.3) is 0 Å². The number of hydrogen-bond acceptors (Lipinski definition) is 7. The predicted octanol–water partition coefficient (Wildman–Crippen LogP) is 4.86. The van der Waals surface area contributed by atoms with Crippen molar-refractivity contribution in [3.05, 3.63) is 40.7 Å². The number of benzene rings is 1. The van der Waals surface area contributed by atoms with E-state index >= 15 is 0 Å². The molecule has 3 unspecified atom stereocenters. The predicted molar refractivity (Wildman–Crippen MR) is 120 cm³/mol. The monoisotopic (exact) mass is 495 g/mol. The first-order chi connectivity index (χ1) is 16.2. The number of anilines is 2. The molecule has 2 saturated heterocycles. The van der Waals surface area contributed by atoms with Crippen LogP contribution in [0.1, 0.15) is 30.9 Å². The third kappa shape index (κ3) is 5.37. The van der Waals surface area contributed by atoms with Gasteiger partial charge in [0.2, 0.25) is 5.88 Å². The zero-order valence-electron chi connectivity index (χ0n) is 18.8. The lowest BCUT2D eigenvalue weighted by atomic mass is 9.90. The first-order valence-electron chi connectivity index (χ1n) is 11.0. The van der Waals surface area contributed by atoms with Gasteiger partial charge in [0, 0.05) is 31.5 Å². The zero-order valence-corrected chi connectivity index (χ0v) is 19.5. The van der Waals surface area contributed by atoms with Crippen molar-refractivity contribution in [3.8, 4) is 11.9 Å². The number of ether oxygens (including phenoxy) is 2. The lowest BCUT2D eigenvalue weighted by Crippen LogP contribution is -2.60. The summed E-state index contributed by atoms with van der Waals surface area (Å²) in [4.78, 5) is 10.5. The van der Waals surface area contributed by atoms with Gasteiger partial charge in [-0.3, -0.25) is 4.90 Å². The van der Waals surface area contributed by atoms with Crippen molar-refractivity contribution < 1.29 is 22.6 Å². The maximum atomic E-state index is 13.1. The average Bonchev–Trinajstić information content (AvgIpc) is 2.77. The Labute approximate surface area is 200 Å². The van der Waals surface area contributed by atoms with Gasteiger partial charge in [-0.15, -0.1) is 0 Å². The molecule has 34 heavy (non-hydrogen) atoms. The molecule has 1 aromatic carbocycles. The van der Waals surface area contributed by atoms with Crippen molar-refractivity contribution in [3.63, 3.8) is 0 Å². The number of nitrogens with zero attached hydrogens (tertiary/aromatic N) is 4. The van der Waals surface area contributed by atoms with Crippen LogP contribution in [0.2, 0.25) is 5.02 Å². The molecule has 0 radical (unpaired) electrons. The Balaban J connectivity index is 1.45. The molecule has 2 aliphatic heterocycles. The van der Waals surface area contributed by atoms with Gasteiger partial charge in [-0.2, -0.15) is 18.4 Å². The molecule has 1 aromatic heterocycles. The van der Waals surface area contributed by atoms with E-state index < -0.39 is 12.1 Å². The molecule has 0 saturated carbocycles. The summed E-state index contributed by atoms with van der Waals surface area (Å²) in [6.45, 7) is 3.76. The largest absolute Gasteiger partial charge is 0.474 e. The summed E-state index contributed by atoms with van der Waals surface area (Å²) >= 11 is 6.26. The number of rotatable bonds is 6. The summed E-state index contributed by atoms with van der Waals surface area (Å²) in [5.74, 6) is -0.486. The van der Waals surface area contributed by atoms with Crippen molar-refractivity contribution in [1.82, 2.24) is 14.9 Å². The molecule has 1 N–H and O–H groups in total. The van der Waals surface area contributed by atoms with Gasteiger partial charge < -0.3 is 14.8 Å². The van der Waals surface area contributed by atoms with E-state index in [-0.39, 0.29) is 24.7 Å². The molecule has 0 spiro atoms. The smallest absolute Gasteiger partial charge is 0.392 e. The van der Waals surface area contributed by atoms with E-state index in [2.05, 4.69) is 15.3 Å². The van der Waals surface area contributed by atoms with Gasteiger partial charge >= 0.3 is 6.18 Å². The number of hydrogen-bond donors (Lipinski definition) is 1. The van der Waals surface area contributed by atoms with Crippen molar-refractivity contribution in [1.29, 1.82) is 5.26 Å². The quantitative estimate of drug-likeness (QED) is 0.612. The summed E-state index contributed by atoms with van der Waals surface area (Å²) in [5.41, 5.74) is 1.72. The highest BCUT2D eigenvalue weighted by molar-refractivity contribution is 6.33. The number of piperidine rings is 1. The van der Waals surface area contributed by atoms with E-state index in [1.165, 1.54) is 13.3 Å². The maximum Gasteiger partial charge on any atom is 0.392 e. The van der Waals surface area contributed by atoms with Gasteiger partial charge in [0.25, 0.3) is 0 Å². The topological polar surface area (TPSA) is 83.3 Å². The summed E-state index contributed by atoms with van der Waals surface area (Å²) in [6, 6.07) is 6.66. The molecule has 182 valence electrons. The second-order valence-electron chi connectivity index (χ2n) is 8.78. The van der Waals surface area contributed by atoms with E-state index in [1.54, 1.807) is 18.2 Å². The summed E-state index contributed by atoms with van der Waals surface area (Å²) < 4.78 is 51.2. The molecular weight excluding hydrogens is 471 g/mol. The van der Waals surface area contributed by atoms with E-state index in [1.807, 2.05) is 17.9 Å². The Kier molecular flexibility index (Phi) is 7.17. The lowest BCUT2D eigenvalue weighted by molar-refractivity contribution is -0.187. The number of alkyl halides is 3. The molecule has 4 atom stereocenters. The molecule has 2 fully saturated rings. The van der Waals surface area contributed by atoms with Crippen LogP contribution in [0.15, 0.2) is 24.5 Å². The molecule has 2 aliphatic rings. The van der Waals surface area contributed by atoms with Crippen LogP contribution in [-0.2, 0) is 4.74 Å². The van der Waals surface area contributed by atoms with E-state index in [9.17, 15) is 13.2 Å². The van der Waals surface area contributed by atoms with Crippen molar-refractivity contribution in [2.24, 2.45) is 5.92 Å². The Morgan fingerprint density at radius 3 is 2.62 bits per heavy atom. The van der Waals surface area contributed by atoms with E-state index in [0.717, 1.165) is 0 Å². The summed E-state index contributed by atoms with van der Waals surface area (Å²) in [7, 11) is 0. The Morgan fingerprint density at radius 1 is 1.29 bits per heavy atom. The van der Waals surface area contributed by atoms with Gasteiger partial charge in [0.15, 0.2) is 0 Å². The first-order valence-corrected chi connectivity index (χ1v) is 11.4. The zero-order chi connectivity index (χ0) is 24.5. The number of nitriles is 1. The van der Waals surface area contributed by atoms with Crippen molar-refractivity contribution in [2.45, 2.75) is 51.1 Å². The SMILES string of the molecule is Cc1c(Nc2ccc(C#N)cc2Cl)ncnc1OC1CC2COC[C@H](C1)N2CC(C)C(F)(F)F. The molecule has 4 rings (SSSR count). The van der Waals surface area contributed by atoms with Gasteiger partial charge in [0.05, 0.1) is 47.0 Å². The van der Waals surface area contributed by atoms with Crippen LogP contribution in [0.3, 0.4) is 0 Å². The van der Waals surface area contributed by atoms with Crippen LogP contribution >= 0.6 is 11.6 Å². The van der Waals surface area contributed by atoms with Crippen molar-refractivity contribution >= 4 is 23.1 Å². The highest BCUT2D eigenvalue weighted by Crippen LogP contribution is 2.35. The number of nitrogens with one attached hydrogen (secondary N) is 1. The highest BCUT2D eigenvalue weighted by Gasteiger charge is 2.44. The second-order valence-corrected chi connectivity index (χ2v) is 9.19. The second kappa shape index (κ2) is 9.94. The van der Waals surface area contributed by atoms with E-state index in [0.29, 0.717) is 59.6 Å². The number of aromatic nitrogens is 2. The number of fused-ring (bicyclic) bond motifs is 2. The van der Waals surface area contributed by atoms with Crippen molar-refractivity contribution in [2.75, 3.05) is 25.1 Å². The molecule has 2 aromatic rings. The minimum absolute atomic E-state index is 0.0408. The fourth-order valence-electron chi connectivity index (χ4n) is 4.40. The number of morpholine rings is 1. The highest BCUT2D eigenvalue weighted by atomic mass is 35.5. The average molecular weight is 496 g/mol. The third-order valence-electron chi connectivity index (χ3n) is 6.34. The summed E-state index contributed by atoms with van der Waals surface area (Å²) in [6.07, 6.45) is -1.94. The minimum atomic E-state index is -4.22. The van der Waals surface area contributed by atoms with Crippen LogP contribution in [0.5, 0.6) is 5.88 Å². The molecule has 3 heterocycles. The normalized spacial score (nSPS) is 23.7. The molecule has 2 bridgehead atoms. The standard InChI is InChI=1S/C23H25ClF3N5O2/c1-13(23(25,26)27)9-32-16-6-18(7-17(32)11-33-10-16)34-22-14(2)21(29-12-30-22)31-20-4-3-15(8-28)5-19(20)24/h3-5,12-13,16-18H,6-7,9-11H2,1-2H3,(H,29,30,31)/t13?,16-,17?,18?/m0/s1. The van der Waals surface area contributed by atoms with Crippen LogP contribution < -0.4 is 10.1 Å². The van der Waals surface area contributed by atoms with Gasteiger partial charge in [-0.25, -0.2) is 9.97 Å². The molecular formula is C23H25ClF3N5O2. The fourth-order valence-corrected chi connectivity index (χ4v) is 4.63. The maximum absolute atomic E-state index is 13.1. The lowest BCUT2D eigenvalue weighted by Gasteiger charge is -2.49. The van der Waals surface area contributed by atoms with Gasteiger partial charge in [-0.1, -0.05) is 18.5 Å². The number of halogens is 4. The molecule has 11 heteroatoms. The van der Waals surface area contributed by atoms with E-state index in [4.69, 9.17) is 26.3 Å². The van der Waals surface area contributed by atoms with Crippen LogP contribution in [0, 0.1) is 24.2 Å². The first kappa shape index (κ1) is 24.5. The van der Waals surface area contributed by atoms with Gasteiger partial charge in [0.1, 0.15) is 18.2 Å². The Bertz CT molecular complexity index is 1060. The Hall–Kier alpha value is -2.61. The third-order valence-corrected chi connectivity index (χ3v) is 6.65. The summed E-state index contributed by atoms with van der Waals surface area (Å²) in [5, 5.41) is 12.5. The fraction of sp³-hybridized carbons (Fsp3) is 0.522. The van der Waals surface area contributed by atoms with Gasteiger partial charge in [-0.05, 0) is 25.1 Å². The minimum Gasteiger partial charge on any atom is -0.474 e. The Morgan fingerprint density at radius 2 is 2.00 bits per heavy atom. The molecule has 7 nitrogen and oxygen atoms in total. The van der Waals surface area contributed by atoms with Crippen LogP contribution in [-0.4, -0.2) is 59.0 Å². The van der Waals surface area contributed by atoms with Crippen LogP contribution in [0.4, 0.5) is 24.7 Å². The molecule has 0 amide bonds.